The first kappa shape index (κ1) is 15.0. The van der Waals surface area contributed by atoms with Crippen LogP contribution in [0.15, 0.2) is 6.20 Å². The second kappa shape index (κ2) is 6.49. The maximum atomic E-state index is 9.14. The lowest BCUT2D eigenvalue weighted by Crippen LogP contribution is -2.39. The third-order valence-corrected chi connectivity index (χ3v) is 5.61. The van der Waals surface area contributed by atoms with Crippen LogP contribution >= 0.6 is 0 Å². The molecule has 4 unspecified atom stereocenters. The molecule has 2 N–H and O–H groups in total. The van der Waals surface area contributed by atoms with Gasteiger partial charge < -0.3 is 10.4 Å². The van der Waals surface area contributed by atoms with Crippen LogP contribution in [0.4, 0.5) is 0 Å². The highest BCUT2D eigenvalue weighted by Gasteiger charge is 2.29. The van der Waals surface area contributed by atoms with E-state index in [1.54, 1.807) is 0 Å². The van der Waals surface area contributed by atoms with E-state index in [1.165, 1.54) is 43.4 Å². The van der Waals surface area contributed by atoms with Crippen LogP contribution in [-0.2, 0) is 13.0 Å². The Kier molecular flexibility index (Phi) is 4.65. The van der Waals surface area contributed by atoms with Gasteiger partial charge in [-0.05, 0) is 50.4 Å². The average Bonchev–Trinajstić information content (AvgIpc) is 2.88. The van der Waals surface area contributed by atoms with Crippen molar-refractivity contribution < 1.29 is 5.11 Å². The van der Waals surface area contributed by atoms with E-state index in [0.29, 0.717) is 18.6 Å². The van der Waals surface area contributed by atoms with Gasteiger partial charge in [-0.15, -0.1) is 0 Å². The largest absolute Gasteiger partial charge is 0.394 e. The summed E-state index contributed by atoms with van der Waals surface area (Å²) in [5, 5.41) is 17.5. The lowest BCUT2D eigenvalue weighted by molar-refractivity contribution is 0.210. The molecule has 1 heterocycles. The van der Waals surface area contributed by atoms with Crippen molar-refractivity contribution in [2.75, 3.05) is 6.61 Å². The van der Waals surface area contributed by atoms with Crippen molar-refractivity contribution >= 4 is 0 Å². The number of fused-ring (bicyclic) bond motifs is 1. The molecule has 0 spiro atoms. The molecule has 0 aromatic carbocycles. The first-order valence-electron chi connectivity index (χ1n) is 8.60. The summed E-state index contributed by atoms with van der Waals surface area (Å²) >= 11 is 0. The summed E-state index contributed by atoms with van der Waals surface area (Å²) in [6.07, 6.45) is 9.53. The van der Waals surface area contributed by atoms with Gasteiger partial charge in [0.2, 0.25) is 0 Å². The Morgan fingerprint density at radius 1 is 1.29 bits per heavy atom. The molecule has 21 heavy (non-hydrogen) atoms. The topological polar surface area (TPSA) is 50.1 Å². The molecule has 1 aromatic heterocycles. The highest BCUT2D eigenvalue weighted by molar-refractivity contribution is 5.25. The molecule has 0 aliphatic heterocycles. The van der Waals surface area contributed by atoms with Gasteiger partial charge in [0.1, 0.15) is 0 Å². The predicted octanol–water partition coefficient (Wildman–Crippen LogP) is 2.67. The average molecular weight is 291 g/mol. The lowest BCUT2D eigenvalue weighted by Gasteiger charge is -2.36. The van der Waals surface area contributed by atoms with Crippen molar-refractivity contribution in [2.45, 2.75) is 71.0 Å². The predicted molar refractivity (Wildman–Crippen MR) is 84.1 cm³/mol. The number of nitrogens with zero attached hydrogens (tertiary/aromatic N) is 2. The Labute approximate surface area is 127 Å². The Hall–Kier alpha value is -0.870. The fraction of sp³-hybridized carbons (Fsp3) is 0.824. The Balaban J connectivity index is 1.68. The molecule has 118 valence electrons. The molecule has 2 aliphatic carbocycles. The quantitative estimate of drug-likeness (QED) is 0.896. The van der Waals surface area contributed by atoms with E-state index in [9.17, 15) is 0 Å². The molecule has 2 aliphatic rings. The third-order valence-electron chi connectivity index (χ3n) is 5.61. The van der Waals surface area contributed by atoms with Crippen molar-refractivity contribution in [3.63, 3.8) is 0 Å². The Bertz CT molecular complexity index is 471. The van der Waals surface area contributed by atoms with Gasteiger partial charge in [0.05, 0.1) is 19.3 Å². The van der Waals surface area contributed by atoms with Gasteiger partial charge in [-0.1, -0.05) is 13.8 Å². The number of aliphatic hydroxyl groups is 1. The van der Waals surface area contributed by atoms with Crippen molar-refractivity contribution in [1.29, 1.82) is 0 Å². The molecular formula is C17H29N3O. The van der Waals surface area contributed by atoms with Gasteiger partial charge in [-0.3, -0.25) is 4.68 Å². The molecule has 3 rings (SSSR count). The smallest absolute Gasteiger partial charge is 0.0644 e. The SMILES string of the molecule is CC1CCC(NC2CCCc3c2cnn3CCO)CC1C. The van der Waals surface area contributed by atoms with Gasteiger partial charge in [0.15, 0.2) is 0 Å². The lowest BCUT2D eigenvalue weighted by atomic mass is 9.78. The number of rotatable bonds is 4. The summed E-state index contributed by atoms with van der Waals surface area (Å²) in [6.45, 7) is 5.58. The van der Waals surface area contributed by atoms with E-state index >= 15 is 0 Å². The van der Waals surface area contributed by atoms with E-state index < -0.39 is 0 Å². The zero-order valence-corrected chi connectivity index (χ0v) is 13.4. The summed E-state index contributed by atoms with van der Waals surface area (Å²) in [5.41, 5.74) is 2.71. The van der Waals surface area contributed by atoms with Crippen molar-refractivity contribution in [3.05, 3.63) is 17.5 Å². The zero-order chi connectivity index (χ0) is 14.8. The van der Waals surface area contributed by atoms with Gasteiger partial charge >= 0.3 is 0 Å². The van der Waals surface area contributed by atoms with E-state index in [2.05, 4.69) is 24.3 Å². The van der Waals surface area contributed by atoms with Crippen molar-refractivity contribution in [1.82, 2.24) is 15.1 Å². The van der Waals surface area contributed by atoms with Crippen LogP contribution in [0.1, 0.15) is 63.3 Å². The molecule has 4 atom stereocenters. The number of hydrogen-bond donors (Lipinski definition) is 2. The van der Waals surface area contributed by atoms with Crippen LogP contribution in [0, 0.1) is 11.8 Å². The highest BCUT2D eigenvalue weighted by Crippen LogP contribution is 2.34. The fourth-order valence-corrected chi connectivity index (χ4v) is 4.06. The minimum atomic E-state index is 0.171. The minimum Gasteiger partial charge on any atom is -0.394 e. The molecule has 4 nitrogen and oxygen atoms in total. The van der Waals surface area contributed by atoms with Gasteiger partial charge in [-0.2, -0.15) is 5.10 Å². The van der Waals surface area contributed by atoms with Crippen LogP contribution in [0.2, 0.25) is 0 Å². The Morgan fingerprint density at radius 3 is 2.90 bits per heavy atom. The monoisotopic (exact) mass is 291 g/mol. The summed E-state index contributed by atoms with van der Waals surface area (Å²) in [4.78, 5) is 0. The molecule has 4 heteroatoms. The van der Waals surface area contributed by atoms with Crippen molar-refractivity contribution in [3.8, 4) is 0 Å². The number of aliphatic hydroxyl groups excluding tert-OH is 1. The van der Waals surface area contributed by atoms with Crippen LogP contribution in [-0.4, -0.2) is 27.5 Å². The second-order valence-corrected chi connectivity index (χ2v) is 7.07. The summed E-state index contributed by atoms with van der Waals surface area (Å²) < 4.78 is 1.99. The normalized spacial score (nSPS) is 32.9. The van der Waals surface area contributed by atoms with E-state index in [1.807, 2.05) is 10.9 Å². The zero-order valence-electron chi connectivity index (χ0n) is 13.4. The van der Waals surface area contributed by atoms with E-state index in [-0.39, 0.29) is 6.61 Å². The minimum absolute atomic E-state index is 0.171. The molecule has 1 fully saturated rings. The van der Waals surface area contributed by atoms with E-state index in [0.717, 1.165) is 18.3 Å². The van der Waals surface area contributed by atoms with Crippen LogP contribution in [0.5, 0.6) is 0 Å². The van der Waals surface area contributed by atoms with Gasteiger partial charge in [0, 0.05) is 23.3 Å². The summed E-state index contributed by atoms with van der Waals surface area (Å²) in [6, 6.07) is 1.13. The summed E-state index contributed by atoms with van der Waals surface area (Å²) in [7, 11) is 0. The number of nitrogens with one attached hydrogen (secondary N) is 1. The number of aromatic nitrogens is 2. The number of hydrogen-bond acceptors (Lipinski definition) is 3. The molecule has 0 radical (unpaired) electrons. The highest BCUT2D eigenvalue weighted by atomic mass is 16.3. The Morgan fingerprint density at radius 2 is 2.14 bits per heavy atom. The van der Waals surface area contributed by atoms with E-state index in [4.69, 9.17) is 5.11 Å². The van der Waals surface area contributed by atoms with Crippen LogP contribution in [0.25, 0.3) is 0 Å². The molecule has 0 amide bonds. The maximum Gasteiger partial charge on any atom is 0.0644 e. The van der Waals surface area contributed by atoms with Gasteiger partial charge in [0.25, 0.3) is 0 Å². The first-order chi connectivity index (χ1) is 10.2. The molecule has 1 saturated carbocycles. The van der Waals surface area contributed by atoms with Crippen LogP contribution < -0.4 is 5.32 Å². The summed E-state index contributed by atoms with van der Waals surface area (Å²) in [5.74, 6) is 1.70. The standard InChI is InChI=1S/C17H29N3O/c1-12-6-7-14(10-13(12)2)19-16-4-3-5-17-15(16)11-18-20(17)8-9-21/h11-14,16,19,21H,3-10H2,1-2H3. The molecule has 0 saturated heterocycles. The van der Waals surface area contributed by atoms with Crippen LogP contribution in [0.3, 0.4) is 0 Å². The molecule has 1 aromatic rings. The van der Waals surface area contributed by atoms with Gasteiger partial charge in [-0.25, -0.2) is 0 Å². The maximum absolute atomic E-state index is 9.14. The third kappa shape index (κ3) is 3.16. The van der Waals surface area contributed by atoms with Crippen molar-refractivity contribution in [2.24, 2.45) is 11.8 Å². The molecular weight excluding hydrogens is 262 g/mol. The second-order valence-electron chi connectivity index (χ2n) is 7.07. The fourth-order valence-electron chi connectivity index (χ4n) is 4.06. The molecule has 0 bridgehead atoms. The first-order valence-corrected chi connectivity index (χ1v) is 8.60.